The summed E-state index contributed by atoms with van der Waals surface area (Å²) in [4.78, 5) is 52.0. The topological polar surface area (TPSA) is 125 Å². The van der Waals surface area contributed by atoms with Crippen molar-refractivity contribution < 1.29 is 23.9 Å². The van der Waals surface area contributed by atoms with Gasteiger partial charge in [0.2, 0.25) is 5.91 Å². The molecule has 3 saturated heterocycles. The summed E-state index contributed by atoms with van der Waals surface area (Å²) in [5, 5.41) is 6.06. The molecule has 4 aromatic rings. The zero-order valence-corrected chi connectivity index (χ0v) is 44.4. The van der Waals surface area contributed by atoms with Gasteiger partial charge in [-0.1, -0.05) is 83.0 Å². The van der Waals surface area contributed by atoms with Crippen LogP contribution in [0.25, 0.3) is 33.3 Å². The summed E-state index contributed by atoms with van der Waals surface area (Å²) < 4.78 is 13.4. The number of nitrogens with one attached hydrogen (secondary N) is 2. The first kappa shape index (κ1) is 54.0. The fourth-order valence-electron chi connectivity index (χ4n) is 11.0. The number of aromatic nitrogens is 2. The van der Waals surface area contributed by atoms with Gasteiger partial charge in [0.25, 0.3) is 12.4 Å². The Labute approximate surface area is 429 Å². The number of ether oxygens (including phenoxy) is 2. The van der Waals surface area contributed by atoms with Crippen molar-refractivity contribution in [3.8, 4) is 34.2 Å². The molecule has 3 fully saturated rings. The quantitative estimate of drug-likeness (QED) is 0.0452. The predicted molar refractivity (Wildman–Crippen MR) is 288 cm³/mol. The number of hydrogen-bond acceptors (Lipinski definition) is 10. The SMILES string of the molecule is C=CC1(CCN(C)C(C(=O)NC(Cc2cccc(-c3ccc4c(c3)c(CC(C)(C)COC=O)c(-c3cccnc3C(C)OC)n4C)c2)C(=O)N2CCCCN2)C(C)C)CN(C(=C)C#CCN2CCCCC2)C1. The Bertz CT molecular complexity index is 2610. The number of fused-ring (bicyclic) bond motifs is 1. The minimum Gasteiger partial charge on any atom is -0.467 e. The molecule has 13 heteroatoms. The molecule has 386 valence electrons. The second-order valence-corrected chi connectivity index (χ2v) is 21.7. The number of piperidine rings is 1. The number of benzene rings is 2. The number of nitrogens with zero attached hydrogens (tertiary/aromatic N) is 6. The highest BCUT2D eigenvalue weighted by Gasteiger charge is 2.42. The van der Waals surface area contributed by atoms with Gasteiger partial charge in [0.15, 0.2) is 0 Å². The second-order valence-electron chi connectivity index (χ2n) is 21.7. The number of rotatable bonds is 22. The number of hydrogen-bond donors (Lipinski definition) is 2. The highest BCUT2D eigenvalue weighted by molar-refractivity contribution is 5.95. The van der Waals surface area contributed by atoms with Crippen molar-refractivity contribution >= 4 is 29.2 Å². The largest absolute Gasteiger partial charge is 0.467 e. The van der Waals surface area contributed by atoms with Crippen LogP contribution in [0.1, 0.15) is 96.1 Å². The number of likely N-dealkylation sites (N-methyl/N-ethyl adjacent to an activating group) is 1. The van der Waals surface area contributed by atoms with Crippen LogP contribution in [0.4, 0.5) is 0 Å². The lowest BCUT2D eigenvalue weighted by Gasteiger charge is -2.50. The van der Waals surface area contributed by atoms with Crippen molar-refractivity contribution in [1.29, 1.82) is 0 Å². The van der Waals surface area contributed by atoms with Gasteiger partial charge in [-0.05, 0) is 130 Å². The van der Waals surface area contributed by atoms with E-state index in [1.54, 1.807) is 18.3 Å². The van der Waals surface area contributed by atoms with Gasteiger partial charge >= 0.3 is 0 Å². The molecule has 2 aromatic heterocycles. The molecule has 3 aliphatic rings. The van der Waals surface area contributed by atoms with Crippen molar-refractivity contribution in [3.63, 3.8) is 0 Å². The van der Waals surface area contributed by atoms with Crippen LogP contribution in [0.3, 0.4) is 0 Å². The molecule has 2 amide bonds. The molecule has 0 spiro atoms. The van der Waals surface area contributed by atoms with Crippen LogP contribution in [0.2, 0.25) is 0 Å². The molecule has 3 aliphatic heterocycles. The Morgan fingerprint density at radius 3 is 2.46 bits per heavy atom. The van der Waals surface area contributed by atoms with E-state index >= 15 is 0 Å². The van der Waals surface area contributed by atoms with E-state index in [9.17, 15) is 14.4 Å². The fraction of sp³-hybridized carbons (Fsp3) is 0.525. The standard InChI is InChI=1S/C59H80N8O5/c1-11-59(38-66(39-59)43(4)20-19-31-65-29-14-12-15-30-65)26-33-63(8)54(42(2)3)56(69)62-51(57(70)67-32-16-13-28-61-67)35-45-21-17-22-46(34-45)47-24-25-52-49(36-47)50(37-58(6,7)40-72-41-68)55(64(52)9)48-23-18-27-60-53(48)44(5)71-10/h11,17-18,21-25,27,34,36,41-42,44,51,54,61H,1,4,12-16,26,28-33,35,37-40H2,2-3,5-10H3,(H,62,69). The molecule has 5 heterocycles. The maximum atomic E-state index is 14.6. The number of aryl methyl sites for hydroxylation is 1. The van der Waals surface area contributed by atoms with E-state index in [1.807, 2.05) is 32.2 Å². The number of pyridine rings is 1. The summed E-state index contributed by atoms with van der Waals surface area (Å²) in [5.41, 5.74) is 11.7. The highest BCUT2D eigenvalue weighted by Crippen LogP contribution is 2.42. The third kappa shape index (κ3) is 12.9. The summed E-state index contributed by atoms with van der Waals surface area (Å²) in [6.07, 6.45) is 11.1. The third-order valence-corrected chi connectivity index (χ3v) is 15.2. The van der Waals surface area contributed by atoms with Gasteiger partial charge in [0.1, 0.15) is 6.04 Å². The molecule has 0 radical (unpaired) electrons. The third-order valence-electron chi connectivity index (χ3n) is 15.2. The molecule has 0 saturated carbocycles. The summed E-state index contributed by atoms with van der Waals surface area (Å²) in [7, 11) is 5.79. The minimum atomic E-state index is -0.792. The van der Waals surface area contributed by atoms with Crippen LogP contribution in [-0.2, 0) is 43.7 Å². The normalized spacial score (nSPS) is 17.4. The van der Waals surface area contributed by atoms with Gasteiger partial charge in [-0.2, -0.15) is 0 Å². The van der Waals surface area contributed by atoms with E-state index in [2.05, 4.69) is 132 Å². The van der Waals surface area contributed by atoms with Crippen molar-refractivity contribution in [2.75, 3.05) is 73.1 Å². The highest BCUT2D eigenvalue weighted by atomic mass is 16.5. The zero-order chi connectivity index (χ0) is 51.6. The Balaban J connectivity index is 1.11. The predicted octanol–water partition coefficient (Wildman–Crippen LogP) is 8.35. The molecule has 72 heavy (non-hydrogen) atoms. The van der Waals surface area contributed by atoms with Gasteiger partial charge in [-0.3, -0.25) is 34.2 Å². The number of hydrazine groups is 1. The van der Waals surface area contributed by atoms with Crippen molar-refractivity contribution in [2.24, 2.45) is 23.8 Å². The van der Waals surface area contributed by atoms with Gasteiger partial charge < -0.3 is 24.3 Å². The van der Waals surface area contributed by atoms with E-state index < -0.39 is 12.1 Å². The molecule has 0 aliphatic carbocycles. The lowest BCUT2D eigenvalue weighted by Crippen LogP contribution is -2.59. The number of likely N-dealkylation sites (tertiary alicyclic amines) is 2. The van der Waals surface area contributed by atoms with Crippen molar-refractivity contribution in [3.05, 3.63) is 103 Å². The van der Waals surface area contributed by atoms with E-state index in [4.69, 9.17) is 14.5 Å². The summed E-state index contributed by atoms with van der Waals surface area (Å²) >= 11 is 0. The number of allylic oxidation sites excluding steroid dienone is 1. The molecular weight excluding hydrogens is 901 g/mol. The van der Waals surface area contributed by atoms with Crippen LogP contribution < -0.4 is 10.7 Å². The molecule has 0 bridgehead atoms. The first-order chi connectivity index (χ1) is 34.6. The van der Waals surface area contributed by atoms with E-state index in [1.165, 1.54) is 19.3 Å². The van der Waals surface area contributed by atoms with Crippen molar-refractivity contribution in [2.45, 2.75) is 104 Å². The Kier molecular flexibility index (Phi) is 18.2. The van der Waals surface area contributed by atoms with E-state index in [-0.39, 0.29) is 41.3 Å². The van der Waals surface area contributed by atoms with Gasteiger partial charge in [-0.15, -0.1) is 6.58 Å². The number of carbonyl (C=O) groups is 3. The number of carbonyl (C=O) groups excluding carboxylic acids is 3. The summed E-state index contributed by atoms with van der Waals surface area (Å²) in [6.45, 7) is 26.3. The molecule has 2 N–H and O–H groups in total. The van der Waals surface area contributed by atoms with Gasteiger partial charge in [0.05, 0.1) is 42.4 Å². The minimum absolute atomic E-state index is 0.00993. The maximum Gasteiger partial charge on any atom is 0.293 e. The molecule has 2 aromatic carbocycles. The van der Waals surface area contributed by atoms with Gasteiger partial charge in [0, 0.05) is 80.3 Å². The fourth-order valence-corrected chi connectivity index (χ4v) is 11.0. The van der Waals surface area contributed by atoms with E-state index in [0.29, 0.717) is 38.9 Å². The Hall–Kier alpha value is -5.78. The van der Waals surface area contributed by atoms with Crippen LogP contribution in [0.5, 0.6) is 0 Å². The van der Waals surface area contributed by atoms with Crippen LogP contribution >= 0.6 is 0 Å². The maximum absolute atomic E-state index is 14.6. The number of amides is 2. The average molecular weight is 981 g/mol. The van der Waals surface area contributed by atoms with Crippen LogP contribution in [0, 0.1) is 28.6 Å². The van der Waals surface area contributed by atoms with E-state index in [0.717, 1.165) is 108 Å². The Morgan fingerprint density at radius 2 is 1.76 bits per heavy atom. The zero-order valence-electron chi connectivity index (χ0n) is 44.4. The lowest BCUT2D eigenvalue weighted by molar-refractivity contribution is -0.141. The molecule has 3 atom stereocenters. The lowest BCUT2D eigenvalue weighted by atomic mass is 9.76. The summed E-state index contributed by atoms with van der Waals surface area (Å²) in [6, 6.07) is 17.6. The second kappa shape index (κ2) is 24.3. The molecule has 3 unspecified atom stereocenters. The smallest absolute Gasteiger partial charge is 0.293 e. The average Bonchev–Trinajstić information content (AvgIpc) is 3.63. The van der Waals surface area contributed by atoms with Crippen LogP contribution in [0.15, 0.2) is 85.7 Å². The monoisotopic (exact) mass is 981 g/mol. The summed E-state index contributed by atoms with van der Waals surface area (Å²) in [5.74, 6) is 6.35. The van der Waals surface area contributed by atoms with Crippen molar-refractivity contribution in [1.82, 2.24) is 40.0 Å². The molecule has 13 nitrogen and oxygen atoms in total. The van der Waals surface area contributed by atoms with Crippen LogP contribution in [-0.4, -0.2) is 133 Å². The Morgan fingerprint density at radius 1 is 1.01 bits per heavy atom. The molecular formula is C59H80N8O5. The molecule has 7 rings (SSSR count). The first-order valence-corrected chi connectivity index (χ1v) is 26.2. The number of methoxy groups -OCH3 is 1. The first-order valence-electron chi connectivity index (χ1n) is 26.2. The van der Waals surface area contributed by atoms with Gasteiger partial charge in [-0.25, -0.2) is 5.43 Å².